The molecule has 0 fully saturated rings. The topological polar surface area (TPSA) is 12.0 Å². The Balaban J connectivity index is 2.56. The molecule has 1 heterocycles. The number of rotatable bonds is 1. The van der Waals surface area contributed by atoms with Crippen molar-refractivity contribution in [3.8, 4) is 0 Å². The van der Waals surface area contributed by atoms with Gasteiger partial charge in [0.15, 0.2) is 0 Å². The van der Waals surface area contributed by atoms with Gasteiger partial charge in [-0.2, -0.15) is 0 Å². The monoisotopic (exact) mass is 201 g/mol. The molecule has 0 spiro atoms. The first-order valence-electron chi connectivity index (χ1n) is 5.63. The van der Waals surface area contributed by atoms with Gasteiger partial charge in [0, 0.05) is 11.3 Å². The molecule has 0 aromatic heterocycles. The van der Waals surface area contributed by atoms with Crippen molar-refractivity contribution >= 4 is 11.3 Å². The van der Waals surface area contributed by atoms with E-state index >= 15 is 0 Å². The summed E-state index contributed by atoms with van der Waals surface area (Å²) in [7, 11) is 0. The lowest BCUT2D eigenvalue weighted by Gasteiger charge is -2.32. The highest BCUT2D eigenvalue weighted by molar-refractivity contribution is 5.81. The number of fused-ring (bicyclic) bond motifs is 1. The summed E-state index contributed by atoms with van der Waals surface area (Å²) in [6.45, 7) is 8.80. The van der Waals surface area contributed by atoms with Crippen molar-refractivity contribution in [2.24, 2.45) is 0 Å². The van der Waals surface area contributed by atoms with Crippen molar-refractivity contribution < 1.29 is 0 Å². The van der Waals surface area contributed by atoms with Crippen LogP contribution in [0.25, 0.3) is 5.57 Å². The number of benzene rings is 1. The summed E-state index contributed by atoms with van der Waals surface area (Å²) in [5, 5.41) is 3.55. The fourth-order valence-electron chi connectivity index (χ4n) is 2.22. The Hall–Kier alpha value is -1.24. The molecule has 1 aliphatic heterocycles. The van der Waals surface area contributed by atoms with Gasteiger partial charge in [0.25, 0.3) is 0 Å². The third kappa shape index (κ3) is 1.92. The van der Waals surface area contributed by atoms with Crippen molar-refractivity contribution in [2.45, 2.75) is 39.7 Å². The molecule has 2 rings (SSSR count). The van der Waals surface area contributed by atoms with Crippen molar-refractivity contribution in [3.05, 3.63) is 35.4 Å². The standard InChI is InChI=1S/C14H19N/c1-5-11-9-14(3,4)15-13-7-6-10(2)8-12(11)13/h6-9,15H,5H2,1-4H3. The normalized spacial score (nSPS) is 17.7. The van der Waals surface area contributed by atoms with Gasteiger partial charge >= 0.3 is 0 Å². The van der Waals surface area contributed by atoms with E-state index in [1.807, 2.05) is 0 Å². The Labute approximate surface area is 92.2 Å². The van der Waals surface area contributed by atoms with Crippen LogP contribution in [-0.2, 0) is 0 Å². The van der Waals surface area contributed by atoms with Gasteiger partial charge in [-0.3, -0.25) is 0 Å². The molecule has 1 aromatic rings. The zero-order valence-electron chi connectivity index (χ0n) is 10.0. The highest BCUT2D eigenvalue weighted by Gasteiger charge is 2.22. The Kier molecular flexibility index (Phi) is 2.34. The molecule has 1 aromatic carbocycles. The lowest BCUT2D eigenvalue weighted by Crippen LogP contribution is -2.31. The van der Waals surface area contributed by atoms with Gasteiger partial charge in [-0.05, 0) is 44.9 Å². The molecule has 0 atom stereocenters. The first-order valence-corrected chi connectivity index (χ1v) is 5.63. The van der Waals surface area contributed by atoms with Crippen LogP contribution in [0.3, 0.4) is 0 Å². The number of anilines is 1. The average Bonchev–Trinajstić information content (AvgIpc) is 2.16. The van der Waals surface area contributed by atoms with E-state index < -0.39 is 0 Å². The molecule has 0 bridgehead atoms. The number of aryl methyl sites for hydroxylation is 1. The Bertz CT molecular complexity index is 413. The van der Waals surface area contributed by atoms with Crippen LogP contribution in [0.2, 0.25) is 0 Å². The molecule has 1 heteroatoms. The van der Waals surface area contributed by atoms with Crippen LogP contribution in [0.4, 0.5) is 5.69 Å². The molecule has 80 valence electrons. The van der Waals surface area contributed by atoms with E-state index in [4.69, 9.17) is 0 Å². The molecule has 15 heavy (non-hydrogen) atoms. The van der Waals surface area contributed by atoms with Crippen molar-refractivity contribution in [1.29, 1.82) is 0 Å². The van der Waals surface area contributed by atoms with E-state index in [0.717, 1.165) is 6.42 Å². The minimum atomic E-state index is 0.0770. The van der Waals surface area contributed by atoms with Crippen LogP contribution in [0.1, 0.15) is 38.3 Å². The number of nitrogens with one attached hydrogen (secondary N) is 1. The van der Waals surface area contributed by atoms with Crippen LogP contribution in [-0.4, -0.2) is 5.54 Å². The highest BCUT2D eigenvalue weighted by atomic mass is 15.0. The van der Waals surface area contributed by atoms with Gasteiger partial charge < -0.3 is 5.32 Å². The van der Waals surface area contributed by atoms with Gasteiger partial charge in [0.1, 0.15) is 0 Å². The quantitative estimate of drug-likeness (QED) is 0.724. The lowest BCUT2D eigenvalue weighted by molar-refractivity contribution is 0.705. The lowest BCUT2D eigenvalue weighted by atomic mass is 9.88. The maximum Gasteiger partial charge on any atom is 0.0506 e. The Morgan fingerprint density at radius 2 is 2.00 bits per heavy atom. The predicted octanol–water partition coefficient (Wildman–Crippen LogP) is 3.99. The Morgan fingerprint density at radius 1 is 1.27 bits per heavy atom. The summed E-state index contributed by atoms with van der Waals surface area (Å²) < 4.78 is 0. The molecule has 0 radical (unpaired) electrons. The van der Waals surface area contributed by atoms with Gasteiger partial charge in [0.05, 0.1) is 5.54 Å². The molecule has 1 aliphatic rings. The second kappa shape index (κ2) is 3.41. The fraction of sp³-hybridized carbons (Fsp3) is 0.429. The summed E-state index contributed by atoms with van der Waals surface area (Å²) in [6, 6.07) is 6.63. The molecule has 0 unspecified atom stereocenters. The minimum Gasteiger partial charge on any atom is -0.376 e. The van der Waals surface area contributed by atoms with Crippen molar-refractivity contribution in [1.82, 2.24) is 0 Å². The zero-order valence-corrected chi connectivity index (χ0v) is 10.0. The minimum absolute atomic E-state index is 0.0770. The van der Waals surface area contributed by atoms with E-state index in [1.54, 1.807) is 0 Å². The summed E-state index contributed by atoms with van der Waals surface area (Å²) in [6.07, 6.45) is 3.44. The average molecular weight is 201 g/mol. The van der Waals surface area contributed by atoms with E-state index in [0.29, 0.717) is 0 Å². The zero-order chi connectivity index (χ0) is 11.1. The number of hydrogen-bond donors (Lipinski definition) is 1. The van der Waals surface area contributed by atoms with Gasteiger partial charge in [-0.25, -0.2) is 0 Å². The molecule has 0 saturated heterocycles. The van der Waals surface area contributed by atoms with Gasteiger partial charge in [0.2, 0.25) is 0 Å². The third-order valence-electron chi connectivity index (χ3n) is 2.89. The Morgan fingerprint density at radius 3 is 2.67 bits per heavy atom. The summed E-state index contributed by atoms with van der Waals surface area (Å²) >= 11 is 0. The molecule has 1 N–H and O–H groups in total. The third-order valence-corrected chi connectivity index (χ3v) is 2.89. The smallest absolute Gasteiger partial charge is 0.0506 e. The SMILES string of the molecule is CCC1=CC(C)(C)Nc2ccc(C)cc21. The fourth-order valence-corrected chi connectivity index (χ4v) is 2.22. The van der Waals surface area contributed by atoms with Crippen LogP contribution < -0.4 is 5.32 Å². The molecule has 0 saturated carbocycles. The van der Waals surface area contributed by atoms with E-state index in [-0.39, 0.29) is 5.54 Å². The summed E-state index contributed by atoms with van der Waals surface area (Å²) in [4.78, 5) is 0. The molecule has 0 aliphatic carbocycles. The first-order chi connectivity index (χ1) is 7.02. The van der Waals surface area contributed by atoms with E-state index in [9.17, 15) is 0 Å². The predicted molar refractivity (Wildman–Crippen MR) is 67.1 cm³/mol. The van der Waals surface area contributed by atoms with Crippen LogP contribution in [0.15, 0.2) is 24.3 Å². The van der Waals surface area contributed by atoms with Crippen LogP contribution in [0, 0.1) is 6.92 Å². The molecule has 1 nitrogen and oxygen atoms in total. The first kappa shape index (κ1) is 10.3. The number of allylic oxidation sites excluding steroid dienone is 1. The molecule has 0 amide bonds. The van der Waals surface area contributed by atoms with Crippen LogP contribution in [0.5, 0.6) is 0 Å². The van der Waals surface area contributed by atoms with Crippen molar-refractivity contribution in [2.75, 3.05) is 5.32 Å². The van der Waals surface area contributed by atoms with E-state index in [1.165, 1.54) is 22.4 Å². The molecular weight excluding hydrogens is 182 g/mol. The maximum absolute atomic E-state index is 3.55. The van der Waals surface area contributed by atoms with Gasteiger partial charge in [-0.15, -0.1) is 0 Å². The van der Waals surface area contributed by atoms with E-state index in [2.05, 4.69) is 57.3 Å². The van der Waals surface area contributed by atoms with Crippen molar-refractivity contribution in [3.63, 3.8) is 0 Å². The maximum atomic E-state index is 3.55. The number of hydrogen-bond acceptors (Lipinski definition) is 1. The second-order valence-corrected chi connectivity index (χ2v) is 4.92. The summed E-state index contributed by atoms with van der Waals surface area (Å²) in [5.41, 5.74) is 5.50. The largest absolute Gasteiger partial charge is 0.376 e. The van der Waals surface area contributed by atoms with Crippen LogP contribution >= 0.6 is 0 Å². The highest BCUT2D eigenvalue weighted by Crippen LogP contribution is 2.35. The summed E-state index contributed by atoms with van der Waals surface area (Å²) in [5.74, 6) is 0. The second-order valence-electron chi connectivity index (χ2n) is 4.92. The molecular formula is C14H19N. The van der Waals surface area contributed by atoms with Gasteiger partial charge in [-0.1, -0.05) is 24.6 Å².